The molecule has 0 saturated carbocycles. The smallest absolute Gasteiger partial charge is 0.200 e. The van der Waals surface area contributed by atoms with Crippen LogP contribution < -0.4 is 30.3 Å². The van der Waals surface area contributed by atoms with Gasteiger partial charge < -0.3 is 14.7 Å². The molecule has 6 nitrogen and oxygen atoms in total. The van der Waals surface area contributed by atoms with Crippen molar-refractivity contribution in [2.75, 3.05) is 14.7 Å². The number of nitrogens with zero attached hydrogens (tertiary/aromatic N) is 6. The summed E-state index contributed by atoms with van der Waals surface area (Å²) in [6, 6.07) is 27.8. The molecule has 3 aromatic carbocycles. The molecule has 0 bridgehead atoms. The Morgan fingerprint density at radius 3 is 0.616 bits per heavy atom. The van der Waals surface area contributed by atoms with Crippen molar-refractivity contribution in [3.8, 4) is 0 Å². The van der Waals surface area contributed by atoms with E-state index in [0.29, 0.717) is 90.3 Å². The first-order chi connectivity index (χ1) is 45.9. The third kappa shape index (κ3) is 16.1. The highest BCUT2D eigenvalue weighted by Crippen LogP contribution is 2.46. The Bertz CT molecular complexity index is 3430. The Morgan fingerprint density at radius 2 is 0.455 bits per heavy atom. The van der Waals surface area contributed by atoms with Crippen LogP contribution in [-0.4, -0.2) is 128 Å². The first kappa shape index (κ1) is 80.7. The minimum atomic E-state index is -1.89. The summed E-state index contributed by atoms with van der Waals surface area (Å²) < 4.78 is 7.68. The van der Waals surface area contributed by atoms with E-state index in [2.05, 4.69) is 385 Å². The molecule has 0 radical (unpaired) electrons. The molecule has 0 fully saturated rings. The van der Waals surface area contributed by atoms with Gasteiger partial charge in [0.05, 0.1) is 0 Å². The average Bonchev–Trinajstić information content (AvgIpc) is 0.737. The molecule has 0 spiro atoms. The second-order valence-electron chi connectivity index (χ2n) is 35.5. The van der Waals surface area contributed by atoms with Crippen LogP contribution >= 0.6 is 0 Å². The molecule has 0 atom stereocenters. The van der Waals surface area contributed by atoms with Gasteiger partial charge in [-0.1, -0.05) is 99.0 Å². The third-order valence-electron chi connectivity index (χ3n) is 22.0. The summed E-state index contributed by atoms with van der Waals surface area (Å²) in [5, 5.41) is 9.58. The van der Waals surface area contributed by atoms with E-state index in [-0.39, 0.29) is 0 Å². The van der Waals surface area contributed by atoms with Gasteiger partial charge in [0.25, 0.3) is 0 Å². The quantitative estimate of drug-likeness (QED) is 0.0934. The molecule has 0 saturated heterocycles. The van der Waals surface area contributed by atoms with Gasteiger partial charge in [0.15, 0.2) is 17.1 Å². The van der Waals surface area contributed by atoms with Gasteiger partial charge in [-0.25, -0.2) is 13.7 Å². The molecule has 9 heteroatoms. The van der Waals surface area contributed by atoms with Crippen molar-refractivity contribution in [1.82, 2.24) is 0 Å². The summed E-state index contributed by atoms with van der Waals surface area (Å²) in [5.74, 6) is 1.46. The van der Waals surface area contributed by atoms with Crippen LogP contribution in [0.15, 0.2) is 142 Å². The van der Waals surface area contributed by atoms with Crippen LogP contribution in [0.3, 0.4) is 0 Å². The number of fused-ring (bicyclic) bond motifs is 6. The fourth-order valence-electron chi connectivity index (χ4n) is 18.6. The summed E-state index contributed by atoms with van der Waals surface area (Å²) in [6.07, 6.45) is 22.0. The zero-order valence-electron chi connectivity index (χ0n) is 69.7. The van der Waals surface area contributed by atoms with Gasteiger partial charge in [0.1, 0.15) is 60.5 Å². The van der Waals surface area contributed by atoms with Crippen molar-refractivity contribution >= 4 is 90.7 Å². The van der Waals surface area contributed by atoms with Gasteiger partial charge in [-0.15, -0.1) is 0 Å². The van der Waals surface area contributed by atoms with Crippen LogP contribution in [0.1, 0.15) is 224 Å². The average molecular weight is 1390 g/mol. The van der Waals surface area contributed by atoms with Crippen molar-refractivity contribution in [1.29, 1.82) is 0 Å². The maximum atomic E-state index is 2.56. The topological polar surface area (TPSA) is 18.8 Å². The summed E-state index contributed by atoms with van der Waals surface area (Å²) >= 11 is 0. The van der Waals surface area contributed by atoms with Gasteiger partial charge >= 0.3 is 0 Å². The fraction of sp³-hybridized carbons (Fsp3) is 0.567. The highest BCUT2D eigenvalue weighted by atomic mass is 28.3. The van der Waals surface area contributed by atoms with Crippen molar-refractivity contribution in [3.05, 3.63) is 158 Å². The second kappa shape index (κ2) is 31.5. The van der Waals surface area contributed by atoms with E-state index < -0.39 is 24.2 Å². The Labute approximate surface area is 610 Å². The predicted octanol–water partition coefficient (Wildman–Crippen LogP) is 20.9. The number of anilines is 3. The molecule has 0 aromatic heterocycles. The lowest BCUT2D eigenvalue weighted by molar-refractivity contribution is -0.586. The predicted molar refractivity (Wildman–Crippen MR) is 452 cm³/mol. The third-order valence-corrected chi connectivity index (χ3v) is 32.6. The molecule has 3 aliphatic heterocycles. The van der Waals surface area contributed by atoms with Gasteiger partial charge in [0, 0.05) is 89.8 Å². The minimum Gasteiger partial charge on any atom is -0.367 e. The molecule has 0 unspecified atom stereocenters. The molecule has 3 heterocycles. The number of allylic oxidation sites excluding steroid dienone is 18. The number of rotatable bonds is 18. The number of benzene rings is 3. The summed E-state index contributed by atoms with van der Waals surface area (Å²) in [7, 11) is -5.66. The maximum absolute atomic E-state index is 2.56. The van der Waals surface area contributed by atoms with E-state index >= 15 is 0 Å². The first-order valence-corrected chi connectivity index (χ1v) is 48.1. The van der Waals surface area contributed by atoms with Crippen LogP contribution in [0.25, 0.3) is 16.7 Å². The second-order valence-corrected chi connectivity index (χ2v) is 48.5. The van der Waals surface area contributed by atoms with Gasteiger partial charge in [-0.2, -0.15) is 0 Å². The SMILES string of the molecule is CC(C)C1=C2C=CC(=[N+](C(C)C)C(C)C)C=C2[Si](C)(C)c2cc(N(C(C)C)C(C)C)ccc21.CC(C)C1=C2C=CC(=[N+](C(C)C)C(C)C)C=C2[Si](C)(C)c2cc(N(C(C)C)C(C)C)ccc21.CC(C)C1=C2C=CC(=[N+](C(C)C)C(C)C)C=C2[Si](C)(C)c2cc(N(C(C)C)C(C)C)ccc21. The van der Waals surface area contributed by atoms with Crippen LogP contribution in [0.2, 0.25) is 39.3 Å². The van der Waals surface area contributed by atoms with Crippen molar-refractivity contribution in [2.24, 2.45) is 17.8 Å². The lowest BCUT2D eigenvalue weighted by Gasteiger charge is -2.40. The molecule has 0 amide bonds. The molecule has 99 heavy (non-hydrogen) atoms. The molecule has 6 aliphatic rings. The summed E-state index contributed by atoms with van der Waals surface area (Å²) in [6.45, 7) is 84.8. The van der Waals surface area contributed by atoms with E-state index in [1.54, 1.807) is 31.1 Å². The Kier molecular flexibility index (Phi) is 25.7. The zero-order chi connectivity index (χ0) is 74.5. The van der Waals surface area contributed by atoms with E-state index in [9.17, 15) is 0 Å². The van der Waals surface area contributed by atoms with E-state index in [0.717, 1.165) is 0 Å². The van der Waals surface area contributed by atoms with Gasteiger partial charge in [-0.05, 0) is 320 Å². The minimum absolute atomic E-state index is 0.481. The van der Waals surface area contributed by atoms with E-state index in [1.165, 1.54) is 84.3 Å². The van der Waals surface area contributed by atoms with Crippen LogP contribution in [0.5, 0.6) is 0 Å². The monoisotopic (exact) mass is 1390 g/mol. The van der Waals surface area contributed by atoms with Crippen molar-refractivity contribution in [2.45, 2.75) is 319 Å². The standard InChI is InChI=1S/3C30H47N2Si/c3*1-19(2)30-26-15-13-24(31(20(3)4)21(5)6)17-28(26)33(11,12)29-18-25(14-16-27(29)30)32(22(7)8)23(9)10/h3*13-23H,1-12H3/q3*+1. The summed E-state index contributed by atoms with van der Waals surface area (Å²) in [5.41, 5.74) is 21.7. The lowest BCUT2D eigenvalue weighted by Crippen LogP contribution is -2.50. The molecule has 540 valence electrons. The fourth-order valence-corrected chi connectivity index (χ4v) is 27.8. The van der Waals surface area contributed by atoms with Crippen LogP contribution in [-0.2, 0) is 0 Å². The maximum Gasteiger partial charge on any atom is 0.200 e. The Morgan fingerprint density at radius 1 is 0.263 bits per heavy atom. The van der Waals surface area contributed by atoms with Crippen molar-refractivity contribution < 1.29 is 13.7 Å². The molecular formula is C90H141N6Si3+3. The summed E-state index contributed by atoms with van der Waals surface area (Å²) in [4.78, 5) is 7.68. The highest BCUT2D eigenvalue weighted by molar-refractivity contribution is 6.99. The van der Waals surface area contributed by atoms with Crippen molar-refractivity contribution in [3.63, 3.8) is 0 Å². The Hall–Kier alpha value is -5.62. The Balaban J connectivity index is 0.000000209. The van der Waals surface area contributed by atoms with Crippen LogP contribution in [0.4, 0.5) is 17.1 Å². The van der Waals surface area contributed by atoms with E-state index in [4.69, 9.17) is 0 Å². The molecule has 0 N–H and O–H groups in total. The number of hydrogen-bond donors (Lipinski definition) is 0. The lowest BCUT2D eigenvalue weighted by atomic mass is 9.87. The highest BCUT2D eigenvalue weighted by Gasteiger charge is 2.45. The first-order valence-electron chi connectivity index (χ1n) is 39.1. The molecule has 3 aromatic rings. The van der Waals surface area contributed by atoms with Crippen LogP contribution in [0, 0.1) is 17.8 Å². The van der Waals surface area contributed by atoms with E-state index in [1.807, 2.05) is 0 Å². The molecular weight excluding hydrogens is 1250 g/mol. The van der Waals surface area contributed by atoms with Gasteiger partial charge in [-0.3, -0.25) is 0 Å². The largest absolute Gasteiger partial charge is 0.367 e. The molecule has 9 rings (SSSR count). The van der Waals surface area contributed by atoms with Gasteiger partial charge in [0.2, 0.25) is 0 Å². The normalized spacial score (nSPS) is 17.4. The number of hydrogen-bond acceptors (Lipinski definition) is 3. The molecule has 3 aliphatic carbocycles. The zero-order valence-corrected chi connectivity index (χ0v) is 72.7.